The number of alkyl halides is 3. The smallest absolute Gasteiger partial charge is 0.268 e. The van der Waals surface area contributed by atoms with Crippen LogP contribution in [0.5, 0.6) is 0 Å². The predicted octanol–water partition coefficient (Wildman–Crippen LogP) is 4.26. The number of rotatable bonds is 2. The fraction of sp³-hybridized carbons (Fsp3) is 0.182. The maximum absolute atomic E-state index is 12.4. The first kappa shape index (κ1) is 13.2. The summed E-state index contributed by atoms with van der Waals surface area (Å²) < 4.78 is 38.2. The molecular formula is C11H7Cl2F3N2. The molecule has 0 saturated carbocycles. The summed E-state index contributed by atoms with van der Waals surface area (Å²) in [6.07, 6.45) is -3.18. The zero-order valence-corrected chi connectivity index (χ0v) is 10.4. The van der Waals surface area contributed by atoms with Gasteiger partial charge >= 0.3 is 6.18 Å². The van der Waals surface area contributed by atoms with Gasteiger partial charge in [0.1, 0.15) is 0 Å². The highest BCUT2D eigenvalue weighted by Gasteiger charge is 2.33. The van der Waals surface area contributed by atoms with Gasteiger partial charge in [-0.1, -0.05) is 29.3 Å². The zero-order chi connectivity index (χ0) is 13.3. The summed E-state index contributed by atoms with van der Waals surface area (Å²) in [7, 11) is 0. The lowest BCUT2D eigenvalue weighted by molar-refractivity contribution is -0.141. The van der Waals surface area contributed by atoms with Crippen molar-refractivity contribution < 1.29 is 13.2 Å². The maximum atomic E-state index is 12.4. The van der Waals surface area contributed by atoms with Crippen LogP contribution in [-0.2, 0) is 12.7 Å². The molecule has 0 fully saturated rings. The summed E-state index contributed by atoms with van der Waals surface area (Å²) in [4.78, 5) is 0. The Morgan fingerprint density at radius 2 is 1.89 bits per heavy atom. The Bertz CT molecular complexity index is 564. The fourth-order valence-electron chi connectivity index (χ4n) is 1.43. The Labute approximate surface area is 111 Å². The third-order valence-electron chi connectivity index (χ3n) is 2.28. The third kappa shape index (κ3) is 2.97. The lowest BCUT2D eigenvalue weighted by Crippen LogP contribution is -2.08. The van der Waals surface area contributed by atoms with E-state index in [4.69, 9.17) is 23.2 Å². The molecule has 18 heavy (non-hydrogen) atoms. The molecule has 0 aliphatic heterocycles. The summed E-state index contributed by atoms with van der Waals surface area (Å²) in [5, 5.41) is 4.31. The van der Waals surface area contributed by atoms with E-state index in [1.165, 1.54) is 16.9 Å². The van der Waals surface area contributed by atoms with Crippen LogP contribution in [0.15, 0.2) is 30.5 Å². The van der Waals surface area contributed by atoms with Crippen LogP contribution in [-0.4, -0.2) is 9.78 Å². The van der Waals surface area contributed by atoms with Crippen molar-refractivity contribution in [2.45, 2.75) is 12.7 Å². The van der Waals surface area contributed by atoms with Crippen molar-refractivity contribution >= 4 is 23.2 Å². The van der Waals surface area contributed by atoms with Crippen molar-refractivity contribution in [3.63, 3.8) is 0 Å². The number of hydrogen-bond donors (Lipinski definition) is 0. The van der Waals surface area contributed by atoms with Crippen LogP contribution in [0.2, 0.25) is 10.0 Å². The summed E-state index contributed by atoms with van der Waals surface area (Å²) in [5.74, 6) is 0. The average molecular weight is 295 g/mol. The average Bonchev–Trinajstić information content (AvgIpc) is 2.70. The molecule has 0 unspecified atom stereocenters. The highest BCUT2D eigenvalue weighted by Crippen LogP contribution is 2.28. The molecule has 1 aromatic heterocycles. The Balaban J connectivity index is 2.21. The molecular weight excluding hydrogens is 288 g/mol. The largest absolute Gasteiger partial charge is 0.435 e. The van der Waals surface area contributed by atoms with Gasteiger partial charge in [-0.05, 0) is 23.8 Å². The van der Waals surface area contributed by atoms with Crippen LogP contribution < -0.4 is 0 Å². The molecule has 0 aliphatic carbocycles. The molecule has 0 spiro atoms. The monoisotopic (exact) mass is 294 g/mol. The van der Waals surface area contributed by atoms with E-state index < -0.39 is 11.9 Å². The number of nitrogens with zero attached hydrogens (tertiary/aromatic N) is 2. The van der Waals surface area contributed by atoms with Gasteiger partial charge in [-0.25, -0.2) is 0 Å². The Morgan fingerprint density at radius 1 is 1.17 bits per heavy atom. The van der Waals surface area contributed by atoms with Crippen molar-refractivity contribution in [1.82, 2.24) is 9.78 Å². The third-order valence-corrected chi connectivity index (χ3v) is 2.87. The molecule has 0 atom stereocenters. The Morgan fingerprint density at radius 3 is 2.44 bits per heavy atom. The molecule has 0 radical (unpaired) electrons. The van der Waals surface area contributed by atoms with Crippen molar-refractivity contribution in [3.8, 4) is 0 Å². The van der Waals surface area contributed by atoms with Crippen LogP contribution in [0, 0.1) is 0 Å². The Hall–Kier alpha value is -1.20. The second kappa shape index (κ2) is 4.82. The molecule has 1 heterocycles. The van der Waals surface area contributed by atoms with E-state index in [0.717, 1.165) is 6.07 Å². The van der Waals surface area contributed by atoms with Crippen molar-refractivity contribution in [2.75, 3.05) is 0 Å². The molecule has 0 bridgehead atoms. The molecule has 2 rings (SSSR count). The van der Waals surface area contributed by atoms with Crippen molar-refractivity contribution in [3.05, 3.63) is 51.8 Å². The quantitative estimate of drug-likeness (QED) is 0.809. The molecule has 1 aromatic carbocycles. The molecule has 2 nitrogen and oxygen atoms in total. The van der Waals surface area contributed by atoms with E-state index in [1.54, 1.807) is 12.1 Å². The normalized spacial score (nSPS) is 11.8. The minimum absolute atomic E-state index is 0.159. The first-order valence-corrected chi connectivity index (χ1v) is 5.66. The topological polar surface area (TPSA) is 17.8 Å². The van der Waals surface area contributed by atoms with E-state index in [-0.39, 0.29) is 6.54 Å². The van der Waals surface area contributed by atoms with Gasteiger partial charge in [0.2, 0.25) is 0 Å². The summed E-state index contributed by atoms with van der Waals surface area (Å²) >= 11 is 11.7. The van der Waals surface area contributed by atoms with Crippen LogP contribution >= 0.6 is 23.2 Å². The predicted molar refractivity (Wildman–Crippen MR) is 62.8 cm³/mol. The van der Waals surface area contributed by atoms with Gasteiger partial charge in [0, 0.05) is 16.2 Å². The molecule has 7 heteroatoms. The van der Waals surface area contributed by atoms with Gasteiger partial charge in [0.15, 0.2) is 5.69 Å². The second-order valence-corrected chi connectivity index (χ2v) is 4.48. The van der Waals surface area contributed by atoms with Crippen LogP contribution in [0.4, 0.5) is 13.2 Å². The number of benzene rings is 1. The molecule has 2 aromatic rings. The highest BCUT2D eigenvalue weighted by molar-refractivity contribution is 6.35. The number of aromatic nitrogens is 2. The Kier molecular flexibility index (Phi) is 3.54. The summed E-state index contributed by atoms with van der Waals surface area (Å²) in [6, 6.07) is 5.73. The molecule has 96 valence electrons. The van der Waals surface area contributed by atoms with Crippen molar-refractivity contribution in [2.24, 2.45) is 0 Å². The molecule has 0 saturated heterocycles. The summed E-state index contributed by atoms with van der Waals surface area (Å²) in [5.41, 5.74) is -0.273. The van der Waals surface area contributed by atoms with Gasteiger partial charge in [0.05, 0.1) is 6.54 Å². The standard InChI is InChI=1S/C11H7Cl2F3N2/c12-8-2-1-7(9(13)5-8)6-18-4-3-10(17-18)11(14,15)16/h1-5H,6H2. The summed E-state index contributed by atoms with van der Waals surface area (Å²) in [6.45, 7) is 0.159. The van der Waals surface area contributed by atoms with Crippen molar-refractivity contribution in [1.29, 1.82) is 0 Å². The fourth-order valence-corrected chi connectivity index (χ4v) is 1.89. The first-order valence-electron chi connectivity index (χ1n) is 4.91. The molecule has 0 amide bonds. The maximum Gasteiger partial charge on any atom is 0.435 e. The van der Waals surface area contributed by atoms with Gasteiger partial charge in [-0.3, -0.25) is 4.68 Å². The molecule has 0 aliphatic rings. The first-order chi connectivity index (χ1) is 8.36. The van der Waals surface area contributed by atoms with E-state index >= 15 is 0 Å². The zero-order valence-electron chi connectivity index (χ0n) is 8.88. The minimum Gasteiger partial charge on any atom is -0.268 e. The minimum atomic E-state index is -4.44. The van der Waals surface area contributed by atoms with Gasteiger partial charge < -0.3 is 0 Å². The van der Waals surface area contributed by atoms with E-state index in [0.29, 0.717) is 15.6 Å². The number of halogens is 5. The van der Waals surface area contributed by atoms with Gasteiger partial charge in [0.25, 0.3) is 0 Å². The number of hydrogen-bond acceptors (Lipinski definition) is 1. The second-order valence-electron chi connectivity index (χ2n) is 3.63. The molecule has 0 N–H and O–H groups in total. The van der Waals surface area contributed by atoms with Crippen LogP contribution in [0.3, 0.4) is 0 Å². The highest BCUT2D eigenvalue weighted by atomic mass is 35.5. The van der Waals surface area contributed by atoms with Crippen LogP contribution in [0.25, 0.3) is 0 Å². The lowest BCUT2D eigenvalue weighted by Gasteiger charge is -2.05. The van der Waals surface area contributed by atoms with Crippen LogP contribution in [0.1, 0.15) is 11.3 Å². The van der Waals surface area contributed by atoms with E-state index in [2.05, 4.69) is 5.10 Å². The SMILES string of the molecule is FC(F)(F)c1ccn(Cc2ccc(Cl)cc2Cl)n1. The van der Waals surface area contributed by atoms with Gasteiger partial charge in [-0.15, -0.1) is 0 Å². The van der Waals surface area contributed by atoms with Gasteiger partial charge in [-0.2, -0.15) is 18.3 Å². The van der Waals surface area contributed by atoms with E-state index in [9.17, 15) is 13.2 Å². The lowest BCUT2D eigenvalue weighted by atomic mass is 10.2. The van der Waals surface area contributed by atoms with E-state index in [1.807, 2.05) is 0 Å².